The van der Waals surface area contributed by atoms with Gasteiger partial charge in [0.2, 0.25) is 0 Å². The lowest BCUT2D eigenvalue weighted by Crippen LogP contribution is -1.80. The molecule has 0 heterocycles. The average Bonchev–Trinajstić information content (AvgIpc) is 2.41. The first-order valence-electron chi connectivity index (χ1n) is 5.68. The van der Waals surface area contributed by atoms with E-state index in [1.54, 1.807) is 0 Å². The molecule has 0 nitrogen and oxygen atoms in total. The van der Waals surface area contributed by atoms with Gasteiger partial charge < -0.3 is 0 Å². The SMILES string of the molecule is Brc1ccc(-c2ccc3ccccc3c2)cc1Br. The zero-order valence-electron chi connectivity index (χ0n) is 9.53. The topological polar surface area (TPSA) is 0 Å². The summed E-state index contributed by atoms with van der Waals surface area (Å²) in [6.45, 7) is 0. The van der Waals surface area contributed by atoms with Crippen molar-refractivity contribution in [1.82, 2.24) is 0 Å². The zero-order valence-corrected chi connectivity index (χ0v) is 12.7. The highest BCUT2D eigenvalue weighted by atomic mass is 79.9. The number of hydrogen-bond donors (Lipinski definition) is 0. The van der Waals surface area contributed by atoms with E-state index in [0.717, 1.165) is 8.95 Å². The highest BCUT2D eigenvalue weighted by Gasteiger charge is 2.02. The minimum Gasteiger partial charge on any atom is -0.0616 e. The molecule has 0 unspecified atom stereocenters. The molecule has 88 valence electrons. The maximum absolute atomic E-state index is 3.55. The Hall–Kier alpha value is -1.12. The molecule has 0 aliphatic heterocycles. The average molecular weight is 362 g/mol. The first kappa shape index (κ1) is 11.9. The third kappa shape index (κ3) is 2.23. The van der Waals surface area contributed by atoms with E-state index in [2.05, 4.69) is 92.5 Å². The molecule has 0 spiro atoms. The van der Waals surface area contributed by atoms with E-state index in [9.17, 15) is 0 Å². The highest BCUT2D eigenvalue weighted by molar-refractivity contribution is 9.13. The Labute approximate surface area is 123 Å². The van der Waals surface area contributed by atoms with Crippen LogP contribution in [0.2, 0.25) is 0 Å². The van der Waals surface area contributed by atoms with E-state index in [-0.39, 0.29) is 0 Å². The van der Waals surface area contributed by atoms with Crippen LogP contribution >= 0.6 is 31.9 Å². The minimum atomic E-state index is 1.08. The van der Waals surface area contributed by atoms with Gasteiger partial charge in [-0.25, -0.2) is 0 Å². The van der Waals surface area contributed by atoms with Gasteiger partial charge in [0.25, 0.3) is 0 Å². The summed E-state index contributed by atoms with van der Waals surface area (Å²) in [6.07, 6.45) is 0. The first-order valence-corrected chi connectivity index (χ1v) is 7.27. The molecule has 0 radical (unpaired) electrons. The smallest absolute Gasteiger partial charge is 0.0323 e. The van der Waals surface area contributed by atoms with Gasteiger partial charge in [-0.2, -0.15) is 0 Å². The van der Waals surface area contributed by atoms with Crippen LogP contribution in [0.25, 0.3) is 21.9 Å². The normalized spacial score (nSPS) is 10.8. The third-order valence-corrected chi connectivity index (χ3v) is 4.88. The van der Waals surface area contributed by atoms with Crippen molar-refractivity contribution >= 4 is 42.6 Å². The van der Waals surface area contributed by atoms with E-state index in [0.29, 0.717) is 0 Å². The van der Waals surface area contributed by atoms with E-state index >= 15 is 0 Å². The van der Waals surface area contributed by atoms with Gasteiger partial charge in [0.05, 0.1) is 0 Å². The molecule has 3 aromatic carbocycles. The predicted molar refractivity (Wildman–Crippen MR) is 84.8 cm³/mol. The van der Waals surface area contributed by atoms with Crippen LogP contribution in [0.1, 0.15) is 0 Å². The van der Waals surface area contributed by atoms with Crippen molar-refractivity contribution in [2.45, 2.75) is 0 Å². The van der Waals surface area contributed by atoms with Crippen molar-refractivity contribution in [3.05, 3.63) is 69.6 Å². The van der Waals surface area contributed by atoms with Crippen LogP contribution in [0.5, 0.6) is 0 Å². The standard InChI is InChI=1S/C16H10Br2/c17-15-8-7-14(10-16(15)18)13-6-5-11-3-1-2-4-12(11)9-13/h1-10H. The number of hydrogen-bond acceptors (Lipinski definition) is 0. The Morgan fingerprint density at radius 3 is 2.00 bits per heavy atom. The molecule has 0 aromatic heterocycles. The van der Waals surface area contributed by atoms with E-state index < -0.39 is 0 Å². The van der Waals surface area contributed by atoms with Gasteiger partial charge in [0, 0.05) is 8.95 Å². The molecule has 0 aliphatic rings. The molecular formula is C16H10Br2. The van der Waals surface area contributed by atoms with Gasteiger partial charge >= 0.3 is 0 Å². The number of benzene rings is 3. The summed E-state index contributed by atoms with van der Waals surface area (Å²) in [5.74, 6) is 0. The number of fused-ring (bicyclic) bond motifs is 1. The lowest BCUT2D eigenvalue weighted by Gasteiger charge is -2.05. The summed E-state index contributed by atoms with van der Waals surface area (Å²) in [7, 11) is 0. The first-order chi connectivity index (χ1) is 8.74. The third-order valence-electron chi connectivity index (χ3n) is 3.00. The fourth-order valence-corrected chi connectivity index (χ4v) is 2.67. The van der Waals surface area contributed by atoms with Crippen LogP contribution in [0.3, 0.4) is 0 Å². The van der Waals surface area contributed by atoms with Crippen LogP contribution in [-0.4, -0.2) is 0 Å². The maximum Gasteiger partial charge on any atom is 0.0323 e. The second-order valence-electron chi connectivity index (χ2n) is 4.19. The predicted octanol–water partition coefficient (Wildman–Crippen LogP) is 6.03. The van der Waals surface area contributed by atoms with Crippen molar-refractivity contribution in [3.8, 4) is 11.1 Å². The Bertz CT molecular complexity index is 717. The van der Waals surface area contributed by atoms with Gasteiger partial charge in [0.15, 0.2) is 0 Å². The van der Waals surface area contributed by atoms with Gasteiger partial charge in [-0.3, -0.25) is 0 Å². The quantitative estimate of drug-likeness (QED) is 0.496. The molecule has 0 aliphatic carbocycles. The van der Waals surface area contributed by atoms with E-state index in [1.165, 1.54) is 21.9 Å². The van der Waals surface area contributed by atoms with Crippen LogP contribution in [0, 0.1) is 0 Å². The van der Waals surface area contributed by atoms with Crippen LogP contribution in [-0.2, 0) is 0 Å². The van der Waals surface area contributed by atoms with Crippen LogP contribution in [0.4, 0.5) is 0 Å². The molecule has 0 N–H and O–H groups in total. The molecule has 0 fully saturated rings. The fraction of sp³-hybridized carbons (Fsp3) is 0. The lowest BCUT2D eigenvalue weighted by molar-refractivity contribution is 1.57. The van der Waals surface area contributed by atoms with Crippen molar-refractivity contribution in [3.63, 3.8) is 0 Å². The van der Waals surface area contributed by atoms with Gasteiger partial charge in [0.1, 0.15) is 0 Å². The molecular weight excluding hydrogens is 352 g/mol. The van der Waals surface area contributed by atoms with Crippen LogP contribution < -0.4 is 0 Å². The summed E-state index contributed by atoms with van der Waals surface area (Å²) in [4.78, 5) is 0. The summed E-state index contributed by atoms with van der Waals surface area (Å²) >= 11 is 7.04. The van der Waals surface area contributed by atoms with Crippen molar-refractivity contribution < 1.29 is 0 Å². The lowest BCUT2D eigenvalue weighted by atomic mass is 10.0. The summed E-state index contributed by atoms with van der Waals surface area (Å²) in [5.41, 5.74) is 2.46. The molecule has 0 amide bonds. The molecule has 0 saturated heterocycles. The summed E-state index contributed by atoms with van der Waals surface area (Å²) < 4.78 is 2.15. The molecule has 0 atom stereocenters. The van der Waals surface area contributed by atoms with E-state index in [4.69, 9.17) is 0 Å². The second kappa shape index (κ2) is 4.87. The van der Waals surface area contributed by atoms with Gasteiger partial charge in [-0.15, -0.1) is 0 Å². The number of rotatable bonds is 1. The fourth-order valence-electron chi connectivity index (χ4n) is 2.04. The van der Waals surface area contributed by atoms with E-state index in [1.807, 2.05) is 0 Å². The van der Waals surface area contributed by atoms with Crippen molar-refractivity contribution in [1.29, 1.82) is 0 Å². The molecule has 0 bridgehead atoms. The molecule has 3 aromatic rings. The Morgan fingerprint density at radius 2 is 1.22 bits per heavy atom. The van der Waals surface area contributed by atoms with Crippen LogP contribution in [0.15, 0.2) is 69.6 Å². The van der Waals surface area contributed by atoms with Crippen molar-refractivity contribution in [2.24, 2.45) is 0 Å². The Morgan fingerprint density at radius 1 is 0.556 bits per heavy atom. The Balaban J connectivity index is 2.16. The van der Waals surface area contributed by atoms with Crippen molar-refractivity contribution in [2.75, 3.05) is 0 Å². The van der Waals surface area contributed by atoms with Gasteiger partial charge in [-0.1, -0.05) is 42.5 Å². The monoisotopic (exact) mass is 360 g/mol. The molecule has 3 rings (SSSR count). The minimum absolute atomic E-state index is 1.08. The summed E-state index contributed by atoms with van der Waals surface area (Å²) in [6, 6.07) is 21.3. The molecule has 2 heteroatoms. The molecule has 18 heavy (non-hydrogen) atoms. The second-order valence-corrected chi connectivity index (χ2v) is 5.90. The summed E-state index contributed by atoms with van der Waals surface area (Å²) in [5, 5.41) is 2.55. The largest absolute Gasteiger partial charge is 0.0616 e. The number of halogens is 2. The Kier molecular flexibility index (Phi) is 3.23. The molecule has 0 saturated carbocycles. The zero-order chi connectivity index (χ0) is 12.5. The highest BCUT2D eigenvalue weighted by Crippen LogP contribution is 2.30. The maximum atomic E-state index is 3.55. The van der Waals surface area contributed by atoms with Gasteiger partial charge in [-0.05, 0) is 72.0 Å².